The Morgan fingerprint density at radius 1 is 1.21 bits per heavy atom. The number of carboxylic acid groups (broad SMARTS) is 1. The lowest BCUT2D eigenvalue weighted by atomic mass is 10.0. The Morgan fingerprint density at radius 2 is 1.96 bits per heavy atom. The summed E-state index contributed by atoms with van der Waals surface area (Å²) in [5.74, 6) is -0.758. The molecule has 132 valence electrons. The van der Waals surface area contributed by atoms with Gasteiger partial charge in [0.25, 0.3) is 0 Å². The van der Waals surface area contributed by atoms with Gasteiger partial charge in [-0.15, -0.1) is 0 Å². The fourth-order valence-electron chi connectivity index (χ4n) is 3.14. The lowest BCUT2D eigenvalue weighted by Crippen LogP contribution is -2.45. The molecule has 1 aliphatic rings. The molecule has 3 atom stereocenters. The number of aliphatic hydroxyl groups is 1. The molecule has 1 aliphatic carbocycles. The molecule has 1 saturated carbocycles. The second-order valence-electron chi connectivity index (χ2n) is 6.43. The molecule has 0 heterocycles. The van der Waals surface area contributed by atoms with Crippen molar-refractivity contribution in [3.05, 3.63) is 35.9 Å². The van der Waals surface area contributed by atoms with Crippen molar-refractivity contribution < 1.29 is 19.8 Å². The lowest BCUT2D eigenvalue weighted by molar-refractivity contribution is -0.137. The van der Waals surface area contributed by atoms with Crippen LogP contribution in [0.3, 0.4) is 0 Å². The zero-order chi connectivity index (χ0) is 17.4. The molecule has 1 unspecified atom stereocenters. The third-order valence-corrected chi connectivity index (χ3v) is 4.51. The van der Waals surface area contributed by atoms with E-state index in [-0.39, 0.29) is 30.5 Å². The van der Waals surface area contributed by atoms with Crippen LogP contribution in [0.5, 0.6) is 0 Å². The maximum absolute atomic E-state index is 12.1. The fourth-order valence-corrected chi connectivity index (χ4v) is 3.14. The second-order valence-corrected chi connectivity index (χ2v) is 6.43. The summed E-state index contributed by atoms with van der Waals surface area (Å²) in [5, 5.41) is 24.3. The third kappa shape index (κ3) is 6.20. The lowest BCUT2D eigenvalue weighted by Gasteiger charge is -2.20. The minimum absolute atomic E-state index is 0.0130. The number of carbonyl (C=O) groups is 2. The van der Waals surface area contributed by atoms with Gasteiger partial charge in [0.2, 0.25) is 0 Å². The van der Waals surface area contributed by atoms with E-state index in [1.165, 1.54) is 0 Å². The van der Waals surface area contributed by atoms with E-state index in [4.69, 9.17) is 5.11 Å². The maximum Gasteiger partial charge on any atom is 0.315 e. The number of hydrogen-bond acceptors (Lipinski definition) is 3. The smallest absolute Gasteiger partial charge is 0.315 e. The highest BCUT2D eigenvalue weighted by molar-refractivity contribution is 5.74. The van der Waals surface area contributed by atoms with Gasteiger partial charge in [0.15, 0.2) is 0 Å². The summed E-state index contributed by atoms with van der Waals surface area (Å²) >= 11 is 0. The van der Waals surface area contributed by atoms with Gasteiger partial charge in [0.1, 0.15) is 0 Å². The van der Waals surface area contributed by atoms with Gasteiger partial charge in [-0.2, -0.15) is 0 Å². The summed E-state index contributed by atoms with van der Waals surface area (Å²) < 4.78 is 0. The molecule has 2 amide bonds. The first-order valence-electron chi connectivity index (χ1n) is 8.52. The van der Waals surface area contributed by atoms with Gasteiger partial charge in [-0.05, 0) is 31.2 Å². The van der Waals surface area contributed by atoms with Crippen molar-refractivity contribution in [3.63, 3.8) is 0 Å². The number of urea groups is 1. The molecule has 0 spiro atoms. The van der Waals surface area contributed by atoms with Crippen LogP contribution in [0, 0.1) is 5.92 Å². The van der Waals surface area contributed by atoms with Crippen LogP contribution in [0.2, 0.25) is 0 Å². The first-order valence-corrected chi connectivity index (χ1v) is 8.52. The van der Waals surface area contributed by atoms with Gasteiger partial charge in [0.05, 0.1) is 6.10 Å². The Bertz CT molecular complexity index is 535. The van der Waals surface area contributed by atoms with Crippen molar-refractivity contribution in [1.82, 2.24) is 10.6 Å². The Kier molecular flexibility index (Phi) is 7.06. The van der Waals surface area contributed by atoms with Crippen LogP contribution in [0.1, 0.15) is 37.7 Å². The van der Waals surface area contributed by atoms with Crippen LogP contribution < -0.4 is 10.6 Å². The monoisotopic (exact) mass is 334 g/mol. The quantitative estimate of drug-likeness (QED) is 0.584. The number of aliphatic carboxylic acids is 1. The van der Waals surface area contributed by atoms with Crippen LogP contribution >= 0.6 is 0 Å². The number of nitrogens with one attached hydrogen (secondary N) is 2. The van der Waals surface area contributed by atoms with E-state index in [1.807, 2.05) is 30.3 Å². The van der Waals surface area contributed by atoms with Gasteiger partial charge < -0.3 is 20.8 Å². The molecule has 0 bridgehead atoms. The highest BCUT2D eigenvalue weighted by atomic mass is 16.4. The molecule has 0 aromatic heterocycles. The van der Waals surface area contributed by atoms with E-state index in [0.717, 1.165) is 24.8 Å². The predicted molar refractivity (Wildman–Crippen MR) is 90.7 cm³/mol. The Labute approximate surface area is 142 Å². The molecule has 2 rings (SSSR count). The number of amides is 2. The van der Waals surface area contributed by atoms with Gasteiger partial charge in [-0.25, -0.2) is 4.79 Å². The van der Waals surface area contributed by atoms with Crippen LogP contribution in [0.4, 0.5) is 4.79 Å². The van der Waals surface area contributed by atoms with Crippen LogP contribution in [-0.4, -0.2) is 40.9 Å². The highest BCUT2D eigenvalue weighted by Crippen LogP contribution is 2.24. The van der Waals surface area contributed by atoms with Gasteiger partial charge in [-0.3, -0.25) is 4.79 Å². The van der Waals surface area contributed by atoms with E-state index in [9.17, 15) is 14.7 Å². The number of carbonyl (C=O) groups excluding carboxylic acids is 1. The average Bonchev–Trinajstić information content (AvgIpc) is 2.97. The highest BCUT2D eigenvalue weighted by Gasteiger charge is 2.25. The van der Waals surface area contributed by atoms with Crippen LogP contribution in [0.25, 0.3) is 0 Å². The summed E-state index contributed by atoms with van der Waals surface area (Å²) in [6.07, 6.45) is 3.36. The second kappa shape index (κ2) is 9.27. The standard InChI is InChI=1S/C18H26N2O4/c21-16-8-4-7-14(16)12-19-18(24)20-15(9-10-17(22)23)11-13-5-2-1-3-6-13/h1-3,5-6,14-16,21H,4,7-12H2,(H,22,23)(H2,19,20,24)/t14-,15?,16+/m1/s1. The first kappa shape index (κ1) is 18.3. The molecule has 0 saturated heterocycles. The van der Waals surface area contributed by atoms with Crippen LogP contribution in [-0.2, 0) is 11.2 Å². The van der Waals surface area contributed by atoms with Gasteiger partial charge in [0, 0.05) is 24.9 Å². The van der Waals surface area contributed by atoms with Crippen molar-refractivity contribution in [2.24, 2.45) is 5.92 Å². The van der Waals surface area contributed by atoms with Crippen molar-refractivity contribution in [3.8, 4) is 0 Å². The first-order chi connectivity index (χ1) is 11.5. The maximum atomic E-state index is 12.1. The van der Waals surface area contributed by atoms with E-state index in [0.29, 0.717) is 19.4 Å². The summed E-state index contributed by atoms with van der Waals surface area (Å²) in [4.78, 5) is 22.9. The Balaban J connectivity index is 1.83. The van der Waals surface area contributed by atoms with E-state index in [1.54, 1.807) is 0 Å². The molecular weight excluding hydrogens is 308 g/mol. The summed E-state index contributed by atoms with van der Waals surface area (Å²) in [6, 6.07) is 9.14. The molecule has 0 radical (unpaired) electrons. The van der Waals surface area contributed by atoms with Crippen molar-refractivity contribution in [1.29, 1.82) is 0 Å². The molecule has 1 fully saturated rings. The zero-order valence-corrected chi connectivity index (χ0v) is 13.8. The molecule has 24 heavy (non-hydrogen) atoms. The minimum atomic E-state index is -0.871. The van der Waals surface area contributed by atoms with Crippen molar-refractivity contribution in [2.75, 3.05) is 6.54 Å². The normalized spacial score (nSPS) is 21.2. The van der Waals surface area contributed by atoms with Gasteiger partial charge >= 0.3 is 12.0 Å². The SMILES string of the molecule is O=C(O)CCC(Cc1ccccc1)NC(=O)NC[C@H]1CCC[C@@H]1O. The summed E-state index contributed by atoms with van der Waals surface area (Å²) in [7, 11) is 0. The zero-order valence-electron chi connectivity index (χ0n) is 13.8. The third-order valence-electron chi connectivity index (χ3n) is 4.51. The van der Waals surface area contributed by atoms with Gasteiger partial charge in [-0.1, -0.05) is 36.8 Å². The average molecular weight is 334 g/mol. The van der Waals surface area contributed by atoms with Crippen LogP contribution in [0.15, 0.2) is 30.3 Å². The predicted octanol–water partition coefficient (Wildman–Crippen LogP) is 1.92. The number of aliphatic hydroxyl groups excluding tert-OH is 1. The largest absolute Gasteiger partial charge is 0.481 e. The van der Waals surface area contributed by atoms with E-state index in [2.05, 4.69) is 10.6 Å². The molecule has 6 heteroatoms. The number of carboxylic acids is 1. The van der Waals surface area contributed by atoms with Crippen molar-refractivity contribution in [2.45, 2.75) is 50.7 Å². The molecule has 6 nitrogen and oxygen atoms in total. The number of benzene rings is 1. The molecular formula is C18H26N2O4. The Hall–Kier alpha value is -2.08. The van der Waals surface area contributed by atoms with Crippen molar-refractivity contribution >= 4 is 12.0 Å². The summed E-state index contributed by atoms with van der Waals surface area (Å²) in [6.45, 7) is 0.448. The molecule has 1 aromatic rings. The fraction of sp³-hybridized carbons (Fsp3) is 0.556. The molecule has 1 aromatic carbocycles. The topological polar surface area (TPSA) is 98.7 Å². The molecule has 0 aliphatic heterocycles. The molecule has 4 N–H and O–H groups in total. The number of rotatable bonds is 8. The van der Waals surface area contributed by atoms with E-state index < -0.39 is 5.97 Å². The minimum Gasteiger partial charge on any atom is -0.481 e. The Morgan fingerprint density at radius 3 is 2.58 bits per heavy atom. The number of hydrogen-bond donors (Lipinski definition) is 4. The van der Waals surface area contributed by atoms with E-state index >= 15 is 0 Å². The summed E-state index contributed by atoms with van der Waals surface area (Å²) in [5.41, 5.74) is 1.06.